The molecular weight excluding hydrogens is 511 g/mol. The van der Waals surface area contributed by atoms with Gasteiger partial charge in [0.25, 0.3) is 5.91 Å². The molecule has 0 saturated carbocycles. The van der Waals surface area contributed by atoms with Crippen molar-refractivity contribution in [3.8, 4) is 0 Å². The van der Waals surface area contributed by atoms with Gasteiger partial charge >= 0.3 is 0 Å². The molecule has 1 N–H and O–H groups in total. The van der Waals surface area contributed by atoms with E-state index in [0.29, 0.717) is 44.5 Å². The van der Waals surface area contributed by atoms with Gasteiger partial charge in [0, 0.05) is 35.0 Å². The van der Waals surface area contributed by atoms with Gasteiger partial charge in [0.2, 0.25) is 10.0 Å². The molecule has 0 radical (unpaired) electrons. The summed E-state index contributed by atoms with van der Waals surface area (Å²) >= 11 is 2.27. The van der Waals surface area contributed by atoms with E-state index in [1.54, 1.807) is 4.31 Å². The molecule has 30 heavy (non-hydrogen) atoms. The molecule has 1 heterocycles. The number of nitrogens with one attached hydrogen (secondary N) is 1. The van der Waals surface area contributed by atoms with Crippen LogP contribution in [0.4, 0.5) is 0 Å². The van der Waals surface area contributed by atoms with Crippen molar-refractivity contribution in [2.75, 3.05) is 25.4 Å². The summed E-state index contributed by atoms with van der Waals surface area (Å²) in [6.07, 6.45) is 2.00. The Kier molecular flexibility index (Phi) is 7.92. The highest BCUT2D eigenvalue weighted by Crippen LogP contribution is 2.36. The van der Waals surface area contributed by atoms with Gasteiger partial charge in [0.1, 0.15) is 0 Å². The molecule has 1 saturated heterocycles. The van der Waals surface area contributed by atoms with Gasteiger partial charge in [-0.05, 0) is 36.5 Å². The highest BCUT2D eigenvalue weighted by molar-refractivity contribution is 14.1. The summed E-state index contributed by atoms with van der Waals surface area (Å²) in [5.41, 5.74) is 2.61. The van der Waals surface area contributed by atoms with E-state index in [4.69, 9.17) is 0 Å². The second-order valence-electron chi connectivity index (χ2n) is 7.83. The normalized spacial score (nSPS) is 16.9. The van der Waals surface area contributed by atoms with E-state index in [1.165, 1.54) is 0 Å². The standard InChI is InChI=1S/C23H29IN2O3S/c1-2-16-30(28,29)26-14-12-23(13-15-26,20-9-4-3-5-10-20)18-25-22(27)21-11-7-6-8-19(21)17-24/h3-11H,2,12-18H2,1H3,(H,25,27). The lowest BCUT2D eigenvalue weighted by Gasteiger charge is -2.42. The first-order valence-electron chi connectivity index (χ1n) is 10.4. The molecule has 0 atom stereocenters. The molecule has 1 aliphatic rings. The first-order valence-corrected chi connectivity index (χ1v) is 13.5. The maximum atomic E-state index is 12.9. The molecule has 5 nitrogen and oxygen atoms in total. The first-order chi connectivity index (χ1) is 14.4. The van der Waals surface area contributed by atoms with Crippen molar-refractivity contribution in [3.63, 3.8) is 0 Å². The summed E-state index contributed by atoms with van der Waals surface area (Å²) in [5.74, 6) is 0.119. The molecule has 0 bridgehead atoms. The lowest BCUT2D eigenvalue weighted by atomic mass is 9.73. The number of alkyl halides is 1. The quantitative estimate of drug-likeness (QED) is 0.405. The van der Waals surface area contributed by atoms with Crippen molar-refractivity contribution in [2.45, 2.75) is 36.0 Å². The van der Waals surface area contributed by atoms with Gasteiger partial charge < -0.3 is 5.32 Å². The Morgan fingerprint density at radius 3 is 2.33 bits per heavy atom. The van der Waals surface area contributed by atoms with Gasteiger partial charge in [-0.1, -0.05) is 78.0 Å². The molecule has 1 aliphatic heterocycles. The molecule has 0 spiro atoms. The fourth-order valence-electron chi connectivity index (χ4n) is 4.14. The van der Waals surface area contributed by atoms with Crippen LogP contribution in [-0.2, 0) is 19.9 Å². The zero-order valence-corrected chi connectivity index (χ0v) is 20.3. The molecule has 1 amide bonds. The van der Waals surface area contributed by atoms with E-state index >= 15 is 0 Å². The number of hydrogen-bond donors (Lipinski definition) is 1. The lowest BCUT2D eigenvalue weighted by Crippen LogP contribution is -2.50. The summed E-state index contributed by atoms with van der Waals surface area (Å²) < 4.78 is 27.4. The molecule has 0 unspecified atom stereocenters. The molecule has 1 fully saturated rings. The Morgan fingerprint density at radius 1 is 1.07 bits per heavy atom. The number of benzene rings is 2. The minimum Gasteiger partial charge on any atom is -0.351 e. The fourth-order valence-corrected chi connectivity index (χ4v) is 6.32. The van der Waals surface area contributed by atoms with Gasteiger partial charge in [-0.2, -0.15) is 0 Å². The van der Waals surface area contributed by atoms with Crippen LogP contribution >= 0.6 is 22.6 Å². The van der Waals surface area contributed by atoms with Crippen LogP contribution in [0.15, 0.2) is 54.6 Å². The summed E-state index contributed by atoms with van der Waals surface area (Å²) in [6, 6.07) is 17.8. The summed E-state index contributed by atoms with van der Waals surface area (Å²) in [6.45, 7) is 3.35. The molecule has 0 aliphatic carbocycles. The van der Waals surface area contributed by atoms with Crippen LogP contribution in [0.5, 0.6) is 0 Å². The highest BCUT2D eigenvalue weighted by atomic mass is 127. The number of halogens is 1. The van der Waals surface area contributed by atoms with Crippen molar-refractivity contribution in [2.24, 2.45) is 0 Å². The second-order valence-corrected chi connectivity index (χ2v) is 10.7. The Morgan fingerprint density at radius 2 is 1.70 bits per heavy atom. The van der Waals surface area contributed by atoms with Gasteiger partial charge in [-0.25, -0.2) is 12.7 Å². The third kappa shape index (κ3) is 5.23. The molecular formula is C23H29IN2O3S. The minimum absolute atomic E-state index is 0.0707. The van der Waals surface area contributed by atoms with Crippen LogP contribution in [0.1, 0.15) is 47.7 Å². The zero-order chi connectivity index (χ0) is 21.6. The summed E-state index contributed by atoms with van der Waals surface area (Å²) in [4.78, 5) is 12.9. The van der Waals surface area contributed by atoms with Crippen molar-refractivity contribution >= 4 is 38.5 Å². The van der Waals surface area contributed by atoms with Crippen LogP contribution in [0.3, 0.4) is 0 Å². The topological polar surface area (TPSA) is 66.5 Å². The minimum atomic E-state index is -3.20. The van der Waals surface area contributed by atoms with E-state index in [-0.39, 0.29) is 17.1 Å². The van der Waals surface area contributed by atoms with Crippen molar-refractivity contribution in [1.29, 1.82) is 0 Å². The predicted molar refractivity (Wildman–Crippen MR) is 130 cm³/mol. The third-order valence-corrected chi connectivity index (χ3v) is 8.81. The molecule has 162 valence electrons. The number of nitrogens with zero attached hydrogens (tertiary/aromatic N) is 1. The van der Waals surface area contributed by atoms with Crippen molar-refractivity contribution < 1.29 is 13.2 Å². The van der Waals surface area contributed by atoms with E-state index in [1.807, 2.05) is 49.4 Å². The number of rotatable bonds is 8. The number of hydrogen-bond acceptors (Lipinski definition) is 3. The number of sulfonamides is 1. The van der Waals surface area contributed by atoms with Crippen LogP contribution in [-0.4, -0.2) is 44.0 Å². The highest BCUT2D eigenvalue weighted by Gasteiger charge is 2.39. The Bertz CT molecular complexity index is 955. The Hall–Kier alpha value is -1.45. The average molecular weight is 540 g/mol. The second kappa shape index (κ2) is 10.2. The van der Waals surface area contributed by atoms with Gasteiger partial charge in [0.15, 0.2) is 0 Å². The van der Waals surface area contributed by atoms with E-state index in [0.717, 1.165) is 15.6 Å². The van der Waals surface area contributed by atoms with E-state index in [2.05, 4.69) is 40.0 Å². The fraction of sp³-hybridized carbons (Fsp3) is 0.435. The maximum Gasteiger partial charge on any atom is 0.251 e. The molecule has 0 aromatic heterocycles. The first kappa shape index (κ1) is 23.2. The summed E-state index contributed by atoms with van der Waals surface area (Å²) in [5, 5.41) is 3.15. The van der Waals surface area contributed by atoms with Crippen LogP contribution in [0.2, 0.25) is 0 Å². The maximum absolute atomic E-state index is 12.9. The third-order valence-electron chi connectivity index (χ3n) is 5.91. The number of piperidine rings is 1. The number of amides is 1. The molecule has 3 rings (SSSR count). The largest absolute Gasteiger partial charge is 0.351 e. The molecule has 2 aromatic rings. The Labute approximate surface area is 193 Å². The van der Waals surface area contributed by atoms with E-state index < -0.39 is 10.0 Å². The SMILES string of the molecule is CCCS(=O)(=O)N1CCC(CNC(=O)c2ccccc2CI)(c2ccccc2)CC1. The van der Waals surface area contributed by atoms with Crippen LogP contribution in [0, 0.1) is 0 Å². The molecule has 7 heteroatoms. The van der Waals surface area contributed by atoms with Crippen molar-refractivity contribution in [3.05, 3.63) is 71.3 Å². The van der Waals surface area contributed by atoms with Crippen LogP contribution < -0.4 is 5.32 Å². The molecule has 2 aromatic carbocycles. The lowest BCUT2D eigenvalue weighted by molar-refractivity contribution is 0.0932. The smallest absolute Gasteiger partial charge is 0.251 e. The van der Waals surface area contributed by atoms with Crippen LogP contribution in [0.25, 0.3) is 0 Å². The summed E-state index contributed by atoms with van der Waals surface area (Å²) in [7, 11) is -3.20. The predicted octanol–water partition coefficient (Wildman–Crippen LogP) is 4.13. The van der Waals surface area contributed by atoms with Gasteiger partial charge in [0.05, 0.1) is 5.75 Å². The van der Waals surface area contributed by atoms with Crippen molar-refractivity contribution in [1.82, 2.24) is 9.62 Å². The average Bonchev–Trinajstić information content (AvgIpc) is 2.78. The van der Waals surface area contributed by atoms with Gasteiger partial charge in [-0.15, -0.1) is 0 Å². The number of carbonyl (C=O) groups excluding carboxylic acids is 1. The number of carbonyl (C=O) groups is 1. The monoisotopic (exact) mass is 540 g/mol. The zero-order valence-electron chi connectivity index (χ0n) is 17.3. The Balaban J connectivity index is 1.79. The van der Waals surface area contributed by atoms with Gasteiger partial charge in [-0.3, -0.25) is 4.79 Å². The van der Waals surface area contributed by atoms with E-state index in [9.17, 15) is 13.2 Å².